The smallest absolute Gasteiger partial charge is 0.120 e. The van der Waals surface area contributed by atoms with Gasteiger partial charge in [0, 0.05) is 76.5 Å². The Bertz CT molecular complexity index is 1220. The topological polar surface area (TPSA) is 41.1 Å². The van der Waals surface area contributed by atoms with Gasteiger partial charge in [-0.1, -0.05) is 42.5 Å². The molecule has 0 unspecified atom stereocenters. The van der Waals surface area contributed by atoms with Crippen molar-refractivity contribution in [1.82, 2.24) is 14.8 Å². The number of aromatic nitrogens is 1. The summed E-state index contributed by atoms with van der Waals surface area (Å²) in [7, 11) is 2.13. The van der Waals surface area contributed by atoms with E-state index in [1.54, 1.807) is 0 Å². The molecule has 6 heteroatoms. The summed E-state index contributed by atoms with van der Waals surface area (Å²) < 4.78 is 12.4. The molecule has 40 heavy (non-hydrogen) atoms. The molecule has 1 fully saturated rings. The van der Waals surface area contributed by atoms with E-state index in [1.807, 2.05) is 18.5 Å². The molecule has 3 aromatic rings. The number of pyridine rings is 1. The van der Waals surface area contributed by atoms with Gasteiger partial charge in [0.25, 0.3) is 0 Å². The number of aryl methyl sites for hydroxylation is 1. The fourth-order valence-electron chi connectivity index (χ4n) is 5.60. The first-order valence-electron chi connectivity index (χ1n) is 14.8. The molecular formula is C34H44N4O2. The van der Waals surface area contributed by atoms with Crippen molar-refractivity contribution in [2.24, 2.45) is 0 Å². The van der Waals surface area contributed by atoms with Crippen LogP contribution in [-0.4, -0.2) is 73.8 Å². The number of fused-ring (bicyclic) bond motifs is 1. The minimum Gasteiger partial charge on any atom is -0.494 e. The first-order chi connectivity index (χ1) is 19.6. The number of nitrogens with zero attached hydrogens (tertiary/aromatic N) is 4. The van der Waals surface area contributed by atoms with Crippen LogP contribution in [-0.2, 0) is 17.9 Å². The largest absolute Gasteiger partial charge is 0.494 e. The Hall–Kier alpha value is -3.19. The third-order valence-corrected chi connectivity index (χ3v) is 8.11. The number of hydrogen-bond acceptors (Lipinski definition) is 6. The molecular weight excluding hydrogens is 496 g/mol. The molecule has 0 spiro atoms. The summed E-state index contributed by atoms with van der Waals surface area (Å²) in [5, 5.41) is 0. The molecule has 2 aliphatic rings. The van der Waals surface area contributed by atoms with Crippen molar-refractivity contribution in [2.45, 2.75) is 45.4 Å². The van der Waals surface area contributed by atoms with E-state index in [1.165, 1.54) is 22.4 Å². The van der Waals surface area contributed by atoms with Crippen molar-refractivity contribution in [3.05, 3.63) is 95.3 Å². The summed E-state index contributed by atoms with van der Waals surface area (Å²) in [5.41, 5.74) is 6.43. The SMILES string of the molecule is Cc1ccccc1CN(CCCOc1ccc2c(c1)C=CCN2C)CCN1CCC(OCc2cccnc2)CC1. The maximum Gasteiger partial charge on any atom is 0.120 e. The predicted octanol–water partition coefficient (Wildman–Crippen LogP) is 5.81. The van der Waals surface area contributed by atoms with Gasteiger partial charge >= 0.3 is 0 Å². The number of benzene rings is 2. The highest BCUT2D eigenvalue weighted by Crippen LogP contribution is 2.28. The monoisotopic (exact) mass is 540 g/mol. The van der Waals surface area contributed by atoms with Crippen LogP contribution in [0.2, 0.25) is 0 Å². The molecule has 2 aliphatic heterocycles. The molecule has 0 aliphatic carbocycles. The highest BCUT2D eigenvalue weighted by Gasteiger charge is 2.20. The Labute approximate surface area is 240 Å². The third-order valence-electron chi connectivity index (χ3n) is 8.11. The zero-order chi connectivity index (χ0) is 27.6. The Morgan fingerprint density at radius 1 is 1.02 bits per heavy atom. The molecule has 0 radical (unpaired) electrons. The molecule has 5 rings (SSSR count). The maximum atomic E-state index is 6.19. The van der Waals surface area contributed by atoms with Gasteiger partial charge in [-0.05, 0) is 67.1 Å². The van der Waals surface area contributed by atoms with Gasteiger partial charge in [-0.3, -0.25) is 9.88 Å². The summed E-state index contributed by atoms with van der Waals surface area (Å²) in [6.07, 6.45) is 11.6. The van der Waals surface area contributed by atoms with Crippen LogP contribution in [0.3, 0.4) is 0 Å². The van der Waals surface area contributed by atoms with Crippen LogP contribution >= 0.6 is 0 Å². The van der Waals surface area contributed by atoms with Crippen molar-refractivity contribution < 1.29 is 9.47 Å². The van der Waals surface area contributed by atoms with E-state index < -0.39 is 0 Å². The van der Waals surface area contributed by atoms with Crippen molar-refractivity contribution in [1.29, 1.82) is 0 Å². The molecule has 0 bridgehead atoms. The Morgan fingerprint density at radius 2 is 1.90 bits per heavy atom. The molecule has 6 nitrogen and oxygen atoms in total. The van der Waals surface area contributed by atoms with E-state index in [9.17, 15) is 0 Å². The van der Waals surface area contributed by atoms with Crippen molar-refractivity contribution >= 4 is 11.8 Å². The van der Waals surface area contributed by atoms with Crippen molar-refractivity contribution in [3.8, 4) is 5.75 Å². The average molecular weight is 541 g/mol. The number of likely N-dealkylation sites (N-methyl/N-ethyl adjacent to an activating group) is 1. The Morgan fingerprint density at radius 3 is 2.73 bits per heavy atom. The minimum atomic E-state index is 0.344. The highest BCUT2D eigenvalue weighted by molar-refractivity contribution is 5.72. The second-order valence-electron chi connectivity index (χ2n) is 11.1. The van der Waals surface area contributed by atoms with E-state index in [-0.39, 0.29) is 0 Å². The fourth-order valence-corrected chi connectivity index (χ4v) is 5.60. The lowest BCUT2D eigenvalue weighted by atomic mass is 10.1. The molecule has 0 N–H and O–H groups in total. The number of hydrogen-bond donors (Lipinski definition) is 0. The molecule has 1 saturated heterocycles. The molecule has 0 amide bonds. The molecule has 212 valence electrons. The second-order valence-corrected chi connectivity index (χ2v) is 11.1. The number of anilines is 1. The van der Waals surface area contributed by atoms with Crippen molar-refractivity contribution in [3.63, 3.8) is 0 Å². The predicted molar refractivity (Wildman–Crippen MR) is 164 cm³/mol. The van der Waals surface area contributed by atoms with E-state index in [0.29, 0.717) is 12.7 Å². The molecule has 0 atom stereocenters. The van der Waals surface area contributed by atoms with Gasteiger partial charge in [0.2, 0.25) is 0 Å². The average Bonchev–Trinajstić information content (AvgIpc) is 2.99. The van der Waals surface area contributed by atoms with Gasteiger partial charge in [0.15, 0.2) is 0 Å². The zero-order valence-corrected chi connectivity index (χ0v) is 24.2. The lowest BCUT2D eigenvalue weighted by molar-refractivity contribution is -0.00407. The van der Waals surface area contributed by atoms with Crippen LogP contribution in [0.25, 0.3) is 6.08 Å². The summed E-state index contributed by atoms with van der Waals surface area (Å²) in [6, 6.07) is 19.3. The molecule has 3 heterocycles. The quantitative estimate of drug-likeness (QED) is 0.255. The fraction of sp³-hybridized carbons (Fsp3) is 0.441. The van der Waals surface area contributed by atoms with Crippen LogP contribution < -0.4 is 9.64 Å². The third kappa shape index (κ3) is 8.17. The van der Waals surface area contributed by atoms with Gasteiger partial charge in [0.05, 0.1) is 19.3 Å². The van der Waals surface area contributed by atoms with Gasteiger partial charge in [0.1, 0.15) is 5.75 Å². The van der Waals surface area contributed by atoms with Crippen LogP contribution in [0.4, 0.5) is 5.69 Å². The lowest BCUT2D eigenvalue weighted by Crippen LogP contribution is -2.41. The summed E-state index contributed by atoms with van der Waals surface area (Å²) in [6.45, 7) is 10.9. The Balaban J connectivity index is 1.08. The molecule has 0 saturated carbocycles. The van der Waals surface area contributed by atoms with Gasteiger partial charge < -0.3 is 19.3 Å². The second kappa shape index (κ2) is 14.4. The standard InChI is InChI=1S/C34H44N4O2/c1-28-8-3-4-10-31(28)26-38(18-7-23-39-33-12-13-34-30(24-33)11-6-17-36(34)2)22-21-37-19-14-32(15-20-37)40-27-29-9-5-16-35-25-29/h3-6,8-13,16,24-25,32H,7,14-15,17-23,26-27H2,1-2H3. The number of ether oxygens (including phenoxy) is 2. The van der Waals surface area contributed by atoms with Crippen LogP contribution in [0.1, 0.15) is 41.5 Å². The zero-order valence-electron chi connectivity index (χ0n) is 24.2. The first kappa shape index (κ1) is 28.3. The Kier molecular flexibility index (Phi) is 10.2. The molecule has 1 aromatic heterocycles. The number of piperidine rings is 1. The minimum absolute atomic E-state index is 0.344. The van der Waals surface area contributed by atoms with Crippen LogP contribution in [0.15, 0.2) is 73.1 Å². The highest BCUT2D eigenvalue weighted by atomic mass is 16.5. The number of likely N-dealkylation sites (tertiary alicyclic amines) is 1. The number of rotatable bonds is 13. The molecule has 2 aromatic carbocycles. The van der Waals surface area contributed by atoms with Crippen LogP contribution in [0, 0.1) is 6.92 Å². The van der Waals surface area contributed by atoms with Gasteiger partial charge in [-0.25, -0.2) is 0 Å². The van der Waals surface area contributed by atoms with Gasteiger partial charge in [-0.2, -0.15) is 0 Å². The summed E-state index contributed by atoms with van der Waals surface area (Å²) >= 11 is 0. The summed E-state index contributed by atoms with van der Waals surface area (Å²) in [4.78, 5) is 11.7. The maximum absolute atomic E-state index is 6.19. The lowest BCUT2D eigenvalue weighted by Gasteiger charge is -2.33. The van der Waals surface area contributed by atoms with Gasteiger partial charge in [-0.15, -0.1) is 0 Å². The van der Waals surface area contributed by atoms with Crippen LogP contribution in [0.5, 0.6) is 5.75 Å². The normalized spacial score (nSPS) is 15.9. The van der Waals surface area contributed by atoms with E-state index >= 15 is 0 Å². The first-order valence-corrected chi connectivity index (χ1v) is 14.8. The van der Waals surface area contributed by atoms with E-state index in [2.05, 4.69) is 94.3 Å². The van der Waals surface area contributed by atoms with Crippen molar-refractivity contribution in [2.75, 3.05) is 57.8 Å². The summed E-state index contributed by atoms with van der Waals surface area (Å²) in [5.74, 6) is 0.956. The van der Waals surface area contributed by atoms with E-state index in [4.69, 9.17) is 9.47 Å². The van der Waals surface area contributed by atoms with E-state index in [0.717, 1.165) is 83.0 Å².